The van der Waals surface area contributed by atoms with Crippen molar-refractivity contribution in [3.8, 4) is 0 Å². The molecule has 1 heterocycles. The minimum absolute atomic E-state index is 0. The summed E-state index contributed by atoms with van der Waals surface area (Å²) in [7, 11) is 0. The van der Waals surface area contributed by atoms with Crippen LogP contribution in [0, 0.1) is 0 Å². The van der Waals surface area contributed by atoms with Crippen molar-refractivity contribution in [3.05, 3.63) is 42.7 Å². The molecule has 2 rings (SSSR count). The molecule has 0 amide bonds. The van der Waals surface area contributed by atoms with Crippen LogP contribution in [0.15, 0.2) is 42.7 Å². The van der Waals surface area contributed by atoms with Gasteiger partial charge in [-0.3, -0.25) is 4.98 Å². The lowest BCUT2D eigenvalue weighted by Gasteiger charge is -1.91. The number of fused-ring (bicyclic) bond motifs is 1. The predicted octanol–water partition coefficient (Wildman–Crippen LogP) is 7.32. The van der Waals surface area contributed by atoms with Crippen LogP contribution < -0.4 is 0 Å². The second-order valence-corrected chi connectivity index (χ2v) is 2.22. The van der Waals surface area contributed by atoms with Crippen molar-refractivity contribution >= 4 is 10.8 Å². The summed E-state index contributed by atoms with van der Waals surface area (Å²) in [6.07, 6.45) is 3.68. The second-order valence-electron chi connectivity index (χ2n) is 2.22. The molecular weight excluding hydrogens is 218 g/mol. The van der Waals surface area contributed by atoms with Crippen LogP contribution in [-0.2, 0) is 0 Å². The van der Waals surface area contributed by atoms with Gasteiger partial charge in [0, 0.05) is 12.4 Å². The van der Waals surface area contributed by atoms with E-state index in [9.17, 15) is 0 Å². The van der Waals surface area contributed by atoms with E-state index in [2.05, 4.69) is 17.1 Å². The van der Waals surface area contributed by atoms with Gasteiger partial charge in [0.05, 0.1) is 0 Å². The molecule has 0 unspecified atom stereocenters. The molecule has 18 heavy (non-hydrogen) atoms. The zero-order chi connectivity index (χ0) is 6.81. The zero-order valence-corrected chi connectivity index (χ0v) is 5.49. The molecule has 0 aliphatic rings. The molecule has 0 bridgehead atoms. The highest BCUT2D eigenvalue weighted by atomic mass is 14.6. The highest BCUT2D eigenvalue weighted by Gasteiger charge is 1.86. The van der Waals surface area contributed by atoms with Crippen molar-refractivity contribution in [2.24, 2.45) is 0 Å². The second kappa shape index (κ2) is 21.0. The fourth-order valence-corrected chi connectivity index (χ4v) is 1.03. The average Bonchev–Trinajstić information content (AvgIpc) is 2.05. The van der Waals surface area contributed by atoms with Crippen LogP contribution in [0.1, 0.15) is 59.4 Å². The first-order valence-corrected chi connectivity index (χ1v) is 3.25. The number of pyridine rings is 1. The average molecular weight is 258 g/mol. The molecule has 0 aliphatic heterocycles. The number of benzene rings is 1. The van der Waals surface area contributed by atoms with E-state index in [1.54, 1.807) is 0 Å². The van der Waals surface area contributed by atoms with E-state index < -0.39 is 0 Å². The van der Waals surface area contributed by atoms with Crippen LogP contribution in [0.25, 0.3) is 10.8 Å². The molecule has 0 fully saturated rings. The van der Waals surface area contributed by atoms with Crippen LogP contribution in [0.2, 0.25) is 0 Å². The van der Waals surface area contributed by atoms with Gasteiger partial charge in [-0.05, 0) is 16.8 Å². The van der Waals surface area contributed by atoms with Gasteiger partial charge in [0.25, 0.3) is 0 Å². The van der Waals surface area contributed by atoms with E-state index in [1.807, 2.05) is 30.6 Å². The normalized spacial score (nSPS) is 5.56. The maximum atomic E-state index is 4.01. The predicted molar refractivity (Wildman–Crippen MR) is 95.6 cm³/mol. The Labute approximate surface area is 118 Å². The van der Waals surface area contributed by atoms with Gasteiger partial charge in [0.15, 0.2) is 0 Å². The Morgan fingerprint density at radius 3 is 1.44 bits per heavy atom. The van der Waals surface area contributed by atoms with Crippen molar-refractivity contribution in [1.29, 1.82) is 0 Å². The van der Waals surface area contributed by atoms with E-state index >= 15 is 0 Å². The first kappa shape index (κ1) is 43.8. The molecule has 2 aromatic rings. The molecule has 0 saturated heterocycles. The van der Waals surface area contributed by atoms with Crippen LogP contribution in [0.3, 0.4) is 0 Å². The molecule has 1 heteroatoms. The quantitative estimate of drug-likeness (QED) is 0.481. The van der Waals surface area contributed by atoms with Gasteiger partial charge >= 0.3 is 0 Å². The first-order chi connectivity index (χ1) is 4.97. The summed E-state index contributed by atoms with van der Waals surface area (Å²) in [5, 5.41) is 2.45. The number of aromatic nitrogens is 1. The fourth-order valence-electron chi connectivity index (χ4n) is 1.03. The lowest BCUT2D eigenvalue weighted by molar-refractivity contribution is 1.36. The maximum absolute atomic E-state index is 4.01. The maximum Gasteiger partial charge on any atom is 0.0346 e. The highest BCUT2D eigenvalue weighted by molar-refractivity contribution is 5.80. The first-order valence-electron chi connectivity index (χ1n) is 3.25. The smallest absolute Gasteiger partial charge is 0.0346 e. The molecule has 0 spiro atoms. The molecule has 1 aromatic heterocycles. The summed E-state index contributed by atoms with van der Waals surface area (Å²) in [5.41, 5.74) is 0. The minimum atomic E-state index is 0. The van der Waals surface area contributed by atoms with Crippen molar-refractivity contribution < 1.29 is 0 Å². The Morgan fingerprint density at radius 2 is 1.00 bits per heavy atom. The molecule has 0 aliphatic carbocycles. The monoisotopic (exact) mass is 257 g/mol. The Bertz CT molecular complexity index is 277. The van der Waals surface area contributed by atoms with Crippen LogP contribution >= 0.6 is 0 Å². The van der Waals surface area contributed by atoms with E-state index in [0.29, 0.717) is 0 Å². The van der Waals surface area contributed by atoms with E-state index in [1.165, 1.54) is 10.8 Å². The summed E-state index contributed by atoms with van der Waals surface area (Å²) < 4.78 is 0. The largest absolute Gasteiger partial charge is 0.264 e. The topological polar surface area (TPSA) is 12.9 Å². The lowest BCUT2D eigenvalue weighted by atomic mass is 10.2. The van der Waals surface area contributed by atoms with Gasteiger partial charge in [0.1, 0.15) is 0 Å². The minimum Gasteiger partial charge on any atom is -0.264 e. The van der Waals surface area contributed by atoms with Crippen molar-refractivity contribution in [2.45, 2.75) is 59.4 Å². The number of nitrogens with zero attached hydrogens (tertiary/aromatic N) is 1. The number of rotatable bonds is 0. The summed E-state index contributed by atoms with van der Waals surface area (Å²) >= 11 is 0. The summed E-state index contributed by atoms with van der Waals surface area (Å²) in [6, 6.07) is 10.2. The van der Waals surface area contributed by atoms with Crippen molar-refractivity contribution in [2.75, 3.05) is 0 Å². The van der Waals surface area contributed by atoms with Crippen molar-refractivity contribution in [1.82, 2.24) is 4.98 Å². The standard InChI is InChI=1S/C9H7N.8CH4/c1-2-4-9-7-10-6-5-8(9)3-1;;;;;;;;/h1-7H;8*1H4. The number of hydrogen-bond donors (Lipinski definition) is 0. The zero-order valence-electron chi connectivity index (χ0n) is 5.49. The third-order valence-electron chi connectivity index (χ3n) is 1.55. The molecule has 0 saturated carbocycles. The van der Waals surface area contributed by atoms with E-state index in [0.717, 1.165) is 0 Å². The number of hydrogen-bond acceptors (Lipinski definition) is 1. The van der Waals surface area contributed by atoms with E-state index in [4.69, 9.17) is 0 Å². The Hall–Kier alpha value is -1.37. The van der Waals surface area contributed by atoms with Crippen LogP contribution in [0.5, 0.6) is 0 Å². The van der Waals surface area contributed by atoms with Crippen LogP contribution in [0.4, 0.5) is 0 Å². The lowest BCUT2D eigenvalue weighted by Crippen LogP contribution is -1.71. The van der Waals surface area contributed by atoms with Gasteiger partial charge in [0.2, 0.25) is 0 Å². The van der Waals surface area contributed by atoms with Gasteiger partial charge < -0.3 is 0 Å². The van der Waals surface area contributed by atoms with Crippen molar-refractivity contribution in [3.63, 3.8) is 0 Å². The molecule has 0 atom stereocenters. The summed E-state index contributed by atoms with van der Waals surface area (Å²) in [4.78, 5) is 4.01. The summed E-state index contributed by atoms with van der Waals surface area (Å²) in [5.74, 6) is 0. The van der Waals surface area contributed by atoms with E-state index in [-0.39, 0.29) is 59.4 Å². The molecular formula is C17H39N. The fraction of sp³-hybridized carbons (Fsp3) is 0.471. The van der Waals surface area contributed by atoms with Gasteiger partial charge in [-0.15, -0.1) is 0 Å². The van der Waals surface area contributed by atoms with Gasteiger partial charge in [-0.2, -0.15) is 0 Å². The molecule has 1 aromatic carbocycles. The SMILES string of the molecule is C.C.C.C.C.C.C.C.c1ccc2cnccc2c1. The van der Waals surface area contributed by atoms with Gasteiger partial charge in [-0.25, -0.2) is 0 Å². The van der Waals surface area contributed by atoms with Gasteiger partial charge in [-0.1, -0.05) is 83.7 Å². The molecule has 112 valence electrons. The Morgan fingerprint density at radius 1 is 0.556 bits per heavy atom. The third kappa shape index (κ3) is 9.83. The Balaban J connectivity index is -0.0000000302. The summed E-state index contributed by atoms with van der Waals surface area (Å²) in [6.45, 7) is 0. The Kier molecular flexibility index (Phi) is 51.0. The molecule has 0 radical (unpaired) electrons. The highest BCUT2D eigenvalue weighted by Crippen LogP contribution is 2.09. The third-order valence-corrected chi connectivity index (χ3v) is 1.55. The van der Waals surface area contributed by atoms with Crippen LogP contribution in [-0.4, -0.2) is 4.98 Å². The molecule has 1 nitrogen and oxygen atoms in total. The molecule has 0 N–H and O–H groups in total.